The lowest BCUT2D eigenvalue weighted by molar-refractivity contribution is -0.864. The van der Waals surface area contributed by atoms with Crippen LogP contribution >= 0.6 is 0 Å². The molecule has 0 aromatic carbocycles. The van der Waals surface area contributed by atoms with Gasteiger partial charge in [-0.2, -0.15) is 0 Å². The van der Waals surface area contributed by atoms with E-state index in [9.17, 15) is 19.9 Å². The lowest BCUT2D eigenvalue weighted by Gasteiger charge is -2.39. The van der Waals surface area contributed by atoms with Crippen molar-refractivity contribution in [1.29, 1.82) is 0 Å². The maximum atomic E-state index is 12.3. The summed E-state index contributed by atoms with van der Waals surface area (Å²) in [5, 5.41) is 31.0. The largest absolute Gasteiger partial charge is 0.633 e. The average Bonchev–Trinajstić information content (AvgIpc) is 2.85. The van der Waals surface area contributed by atoms with Crippen LogP contribution in [-0.4, -0.2) is 66.4 Å². The van der Waals surface area contributed by atoms with Gasteiger partial charge in [-0.15, -0.1) is 0 Å². The van der Waals surface area contributed by atoms with Gasteiger partial charge < -0.3 is 24.6 Å². The molecule has 10 heteroatoms. The second kappa shape index (κ2) is 6.24. The van der Waals surface area contributed by atoms with Gasteiger partial charge in [-0.25, -0.2) is 9.78 Å². The molecule has 2 aromatic rings. The van der Waals surface area contributed by atoms with E-state index < -0.39 is 22.0 Å². The molecule has 0 radical (unpaired) electrons. The summed E-state index contributed by atoms with van der Waals surface area (Å²) in [7, 11) is 4.23. The summed E-state index contributed by atoms with van der Waals surface area (Å²) < 4.78 is 2.85. The first-order valence-corrected chi connectivity index (χ1v) is 7.13. The number of imidazole rings is 1. The molecule has 0 fully saturated rings. The van der Waals surface area contributed by atoms with Gasteiger partial charge in [-0.3, -0.25) is 13.9 Å². The molecule has 2 rings (SSSR count). The summed E-state index contributed by atoms with van der Waals surface area (Å²) in [5.41, 5.74) is -0.585. The molecule has 0 bridgehead atoms. The number of quaternary nitrogens is 1. The minimum atomic E-state index is -1.02. The average molecular weight is 327 g/mol. The minimum absolute atomic E-state index is 0.00848. The van der Waals surface area contributed by atoms with E-state index in [-0.39, 0.29) is 37.4 Å². The SMILES string of the molecule is Cn1c(=O)c2c(ncn2CC(O)C[N+](C)([O-])CCO)n(C)c1=O. The smallest absolute Gasteiger partial charge is 0.332 e. The Balaban J connectivity index is 2.35. The highest BCUT2D eigenvalue weighted by Crippen LogP contribution is 2.08. The first-order chi connectivity index (χ1) is 10.7. The molecule has 128 valence electrons. The van der Waals surface area contributed by atoms with Crippen LogP contribution < -0.4 is 11.2 Å². The molecule has 10 nitrogen and oxygen atoms in total. The zero-order valence-corrected chi connectivity index (χ0v) is 13.3. The van der Waals surface area contributed by atoms with Gasteiger partial charge in [0.15, 0.2) is 11.2 Å². The number of hydrogen-bond donors (Lipinski definition) is 2. The Morgan fingerprint density at radius 2 is 2.00 bits per heavy atom. The molecule has 2 atom stereocenters. The molecule has 0 aliphatic heterocycles. The van der Waals surface area contributed by atoms with Crippen LogP contribution in [0.25, 0.3) is 11.2 Å². The molecule has 0 spiro atoms. The van der Waals surface area contributed by atoms with Crippen LogP contribution in [0.5, 0.6) is 0 Å². The molecular formula is C13H21N5O5. The Hall–Kier alpha value is -2.01. The summed E-state index contributed by atoms with van der Waals surface area (Å²) in [6.07, 6.45) is 0.332. The van der Waals surface area contributed by atoms with Crippen molar-refractivity contribution in [2.45, 2.75) is 12.6 Å². The van der Waals surface area contributed by atoms with Crippen molar-refractivity contribution in [2.24, 2.45) is 14.1 Å². The topological polar surface area (TPSA) is 125 Å². The molecule has 0 saturated carbocycles. The Bertz CT molecular complexity index is 818. The predicted molar refractivity (Wildman–Crippen MR) is 82.6 cm³/mol. The van der Waals surface area contributed by atoms with Crippen LogP contribution in [0.15, 0.2) is 15.9 Å². The van der Waals surface area contributed by atoms with Crippen molar-refractivity contribution in [3.05, 3.63) is 32.4 Å². The monoisotopic (exact) mass is 327 g/mol. The van der Waals surface area contributed by atoms with Crippen LogP contribution in [0.3, 0.4) is 0 Å². The van der Waals surface area contributed by atoms with Crippen molar-refractivity contribution < 1.29 is 14.9 Å². The molecule has 0 aliphatic carbocycles. The van der Waals surface area contributed by atoms with E-state index in [4.69, 9.17) is 5.11 Å². The van der Waals surface area contributed by atoms with Gasteiger partial charge in [0, 0.05) is 14.1 Å². The molecule has 0 aliphatic rings. The van der Waals surface area contributed by atoms with Crippen LogP contribution in [0.1, 0.15) is 0 Å². The van der Waals surface area contributed by atoms with Crippen LogP contribution in [0.4, 0.5) is 0 Å². The van der Waals surface area contributed by atoms with Gasteiger partial charge in [0.25, 0.3) is 5.56 Å². The fraction of sp³-hybridized carbons (Fsp3) is 0.615. The molecule has 2 heterocycles. The summed E-state index contributed by atoms with van der Waals surface area (Å²) >= 11 is 0. The molecule has 0 amide bonds. The van der Waals surface area contributed by atoms with E-state index in [0.717, 1.165) is 4.57 Å². The Labute approximate surface area is 131 Å². The number of rotatable bonds is 6. The summed E-state index contributed by atoms with van der Waals surface area (Å²) in [4.78, 5) is 28.2. The number of aryl methyl sites for hydroxylation is 1. The van der Waals surface area contributed by atoms with Crippen molar-refractivity contribution in [1.82, 2.24) is 18.7 Å². The molecular weight excluding hydrogens is 306 g/mol. The van der Waals surface area contributed by atoms with E-state index in [0.29, 0.717) is 0 Å². The summed E-state index contributed by atoms with van der Waals surface area (Å²) in [6, 6.07) is 0. The molecule has 2 N–H and O–H groups in total. The first-order valence-electron chi connectivity index (χ1n) is 7.13. The molecule has 2 aromatic heterocycles. The van der Waals surface area contributed by atoms with Crippen molar-refractivity contribution >= 4 is 11.2 Å². The number of aliphatic hydroxyl groups excluding tert-OH is 2. The second-order valence-corrected chi connectivity index (χ2v) is 5.86. The van der Waals surface area contributed by atoms with E-state index in [1.54, 1.807) is 0 Å². The number of hydrogen-bond acceptors (Lipinski definition) is 6. The Kier molecular flexibility index (Phi) is 4.71. The van der Waals surface area contributed by atoms with Crippen molar-refractivity contribution in [3.63, 3.8) is 0 Å². The fourth-order valence-corrected chi connectivity index (χ4v) is 2.57. The first kappa shape index (κ1) is 17.3. The lowest BCUT2D eigenvalue weighted by Crippen LogP contribution is -2.46. The van der Waals surface area contributed by atoms with E-state index in [2.05, 4.69) is 4.98 Å². The van der Waals surface area contributed by atoms with Gasteiger partial charge in [0.05, 0.1) is 26.5 Å². The maximum absolute atomic E-state index is 12.3. The zero-order valence-electron chi connectivity index (χ0n) is 13.3. The third-order valence-corrected chi connectivity index (χ3v) is 3.79. The highest BCUT2D eigenvalue weighted by Gasteiger charge is 2.20. The van der Waals surface area contributed by atoms with E-state index in [1.807, 2.05) is 0 Å². The number of aliphatic hydroxyl groups is 2. The fourth-order valence-electron chi connectivity index (χ4n) is 2.57. The standard InChI is InChI=1S/C13H21N5O5/c1-15-11-10(12(21)16(2)13(15)22)17(8-14-11)6-9(20)7-18(3,23)4-5-19/h8-9,19-20H,4-7H2,1-3H3. The number of fused-ring (bicyclic) bond motifs is 1. The third-order valence-electron chi connectivity index (χ3n) is 3.79. The second-order valence-electron chi connectivity index (χ2n) is 5.86. The molecule has 0 saturated heterocycles. The Morgan fingerprint density at radius 1 is 1.35 bits per heavy atom. The van der Waals surface area contributed by atoms with Crippen LogP contribution in [-0.2, 0) is 20.6 Å². The van der Waals surface area contributed by atoms with Gasteiger partial charge in [-0.05, 0) is 0 Å². The number of nitrogens with zero attached hydrogens (tertiary/aromatic N) is 5. The van der Waals surface area contributed by atoms with Gasteiger partial charge in [0.1, 0.15) is 19.2 Å². The van der Waals surface area contributed by atoms with Crippen LogP contribution in [0.2, 0.25) is 0 Å². The lowest BCUT2D eigenvalue weighted by atomic mass is 10.3. The minimum Gasteiger partial charge on any atom is -0.633 e. The normalized spacial score (nSPS) is 15.7. The number of hydroxylamine groups is 3. The van der Waals surface area contributed by atoms with E-state index >= 15 is 0 Å². The third kappa shape index (κ3) is 3.34. The number of likely N-dealkylation sites (N-methyl/N-ethyl adjacent to an activating group) is 1. The summed E-state index contributed by atoms with van der Waals surface area (Å²) in [5.74, 6) is 0. The highest BCUT2D eigenvalue weighted by molar-refractivity contribution is 5.69. The van der Waals surface area contributed by atoms with Gasteiger partial charge in [0.2, 0.25) is 0 Å². The van der Waals surface area contributed by atoms with Gasteiger partial charge in [-0.1, -0.05) is 0 Å². The van der Waals surface area contributed by atoms with Crippen molar-refractivity contribution in [3.8, 4) is 0 Å². The predicted octanol–water partition coefficient (Wildman–Crippen LogP) is -2.27. The molecule has 2 unspecified atom stereocenters. The zero-order chi connectivity index (χ0) is 17.4. The van der Waals surface area contributed by atoms with Crippen LogP contribution in [0, 0.1) is 5.21 Å². The molecule has 23 heavy (non-hydrogen) atoms. The number of aromatic nitrogens is 4. The van der Waals surface area contributed by atoms with Gasteiger partial charge >= 0.3 is 5.69 Å². The Morgan fingerprint density at radius 3 is 2.61 bits per heavy atom. The highest BCUT2D eigenvalue weighted by atomic mass is 16.5. The quantitative estimate of drug-likeness (QED) is 0.455. The van der Waals surface area contributed by atoms with E-state index in [1.165, 1.54) is 36.6 Å². The maximum Gasteiger partial charge on any atom is 0.332 e. The summed E-state index contributed by atoms with van der Waals surface area (Å²) in [6.45, 7) is -0.445. The van der Waals surface area contributed by atoms with Crippen molar-refractivity contribution in [2.75, 3.05) is 26.7 Å².